The average molecular weight is 431 g/mol. The van der Waals surface area contributed by atoms with Gasteiger partial charge in [-0.1, -0.05) is 17.7 Å². The van der Waals surface area contributed by atoms with Crippen LogP contribution < -0.4 is 19.7 Å². The van der Waals surface area contributed by atoms with Gasteiger partial charge in [-0.15, -0.1) is 0 Å². The van der Waals surface area contributed by atoms with Crippen molar-refractivity contribution in [1.82, 2.24) is 10.3 Å². The smallest absolute Gasteiger partial charge is 0.260 e. The zero-order valence-corrected chi connectivity index (χ0v) is 18.3. The Balaban J connectivity index is 1.55. The minimum atomic E-state index is -0.478. The normalized spacial score (nSPS) is 14.8. The summed E-state index contributed by atoms with van der Waals surface area (Å²) in [6, 6.07) is 16.1. The van der Waals surface area contributed by atoms with Crippen LogP contribution in [0.4, 0.5) is 5.69 Å². The number of anilines is 1. The van der Waals surface area contributed by atoms with Crippen LogP contribution in [0.15, 0.2) is 60.8 Å². The molecule has 1 aromatic heterocycles. The molecule has 0 unspecified atom stereocenters. The van der Waals surface area contributed by atoms with Crippen molar-refractivity contribution in [3.8, 4) is 11.5 Å². The van der Waals surface area contributed by atoms with Crippen molar-refractivity contribution in [2.45, 2.75) is 25.9 Å². The summed E-state index contributed by atoms with van der Waals surface area (Å²) < 4.78 is 10.7. The second-order valence-electron chi connectivity index (χ2n) is 7.62. The van der Waals surface area contributed by atoms with Crippen LogP contribution in [0.25, 0.3) is 0 Å². The molecule has 2 aromatic carbocycles. The van der Waals surface area contributed by atoms with E-state index in [1.807, 2.05) is 37.3 Å². The van der Waals surface area contributed by atoms with E-state index in [9.17, 15) is 9.59 Å². The van der Waals surface area contributed by atoms with Crippen LogP contribution in [0.1, 0.15) is 39.6 Å². The number of nitrogens with one attached hydrogen (secondary N) is 1. The van der Waals surface area contributed by atoms with Gasteiger partial charge in [0.25, 0.3) is 5.91 Å². The number of carbonyl (C=O) groups excluding carboxylic acids is 2. The molecule has 4 rings (SSSR count). The lowest BCUT2D eigenvalue weighted by Crippen LogP contribution is -2.33. The molecule has 1 N–H and O–H groups in total. The zero-order chi connectivity index (χ0) is 22.7. The fourth-order valence-electron chi connectivity index (χ4n) is 3.91. The van der Waals surface area contributed by atoms with Crippen LogP contribution in [0.5, 0.6) is 11.5 Å². The van der Waals surface area contributed by atoms with Gasteiger partial charge in [0.15, 0.2) is 0 Å². The van der Waals surface area contributed by atoms with E-state index in [1.54, 1.807) is 49.6 Å². The van der Waals surface area contributed by atoms with Gasteiger partial charge in [-0.2, -0.15) is 0 Å². The number of nitrogens with zero attached hydrogens (tertiary/aromatic N) is 2. The van der Waals surface area contributed by atoms with Gasteiger partial charge >= 0.3 is 0 Å². The molecule has 3 aromatic rings. The minimum absolute atomic E-state index is 0.0932. The highest BCUT2D eigenvalue weighted by Crippen LogP contribution is 2.38. The number of fused-ring (bicyclic) bond motifs is 1. The van der Waals surface area contributed by atoms with Crippen LogP contribution in [-0.2, 0) is 11.3 Å². The number of aryl methyl sites for hydroxylation is 1. The molecule has 2 heterocycles. The van der Waals surface area contributed by atoms with Crippen molar-refractivity contribution in [3.05, 3.63) is 83.2 Å². The van der Waals surface area contributed by atoms with Crippen LogP contribution in [0.2, 0.25) is 0 Å². The van der Waals surface area contributed by atoms with Crippen molar-refractivity contribution in [3.63, 3.8) is 0 Å². The Kier molecular flexibility index (Phi) is 6.07. The van der Waals surface area contributed by atoms with Crippen LogP contribution in [0.3, 0.4) is 0 Å². The summed E-state index contributed by atoms with van der Waals surface area (Å²) in [7, 11) is 3.17. The van der Waals surface area contributed by atoms with E-state index >= 15 is 0 Å². The summed E-state index contributed by atoms with van der Waals surface area (Å²) in [6.45, 7) is 2.27. The van der Waals surface area contributed by atoms with Crippen molar-refractivity contribution in [2.75, 3.05) is 19.1 Å². The highest BCUT2D eigenvalue weighted by atomic mass is 16.5. The molecule has 7 nitrogen and oxygen atoms in total. The third-order valence-electron chi connectivity index (χ3n) is 5.57. The molecule has 0 bridgehead atoms. The Bertz CT molecular complexity index is 1140. The van der Waals surface area contributed by atoms with Crippen molar-refractivity contribution in [1.29, 1.82) is 0 Å². The quantitative estimate of drug-likeness (QED) is 0.615. The highest BCUT2D eigenvalue weighted by Gasteiger charge is 2.39. The van der Waals surface area contributed by atoms with E-state index in [0.717, 1.165) is 16.8 Å². The first-order valence-electron chi connectivity index (χ1n) is 10.3. The number of ether oxygens (including phenoxy) is 2. The number of aromatic nitrogens is 1. The second-order valence-corrected chi connectivity index (χ2v) is 7.62. The molecule has 0 aliphatic carbocycles. The topological polar surface area (TPSA) is 80.8 Å². The van der Waals surface area contributed by atoms with Gasteiger partial charge in [0.05, 0.1) is 37.9 Å². The van der Waals surface area contributed by atoms with E-state index in [-0.39, 0.29) is 24.8 Å². The van der Waals surface area contributed by atoms with Gasteiger partial charge in [0.2, 0.25) is 5.91 Å². The third kappa shape index (κ3) is 4.14. The molecular formula is C25H25N3O4. The summed E-state index contributed by atoms with van der Waals surface area (Å²) in [4.78, 5) is 32.1. The Labute approximate surface area is 187 Å². The predicted octanol–water partition coefficient (Wildman–Crippen LogP) is 3.82. The number of rotatable bonds is 7. The number of hydrogen-bond donors (Lipinski definition) is 1. The van der Waals surface area contributed by atoms with Crippen molar-refractivity contribution >= 4 is 17.5 Å². The van der Waals surface area contributed by atoms with E-state index in [4.69, 9.17) is 9.47 Å². The standard InChI is InChI=1S/C25H25N3O4/c1-16-6-8-18(9-7-16)28-21(24-20(25(28)30)5-4-12-26-24)14-23(29)27-15-17-13-19(31-2)10-11-22(17)32-3/h4-13,21H,14-15H2,1-3H3,(H,27,29)/t21-/m1/s1. The number of amides is 2. The summed E-state index contributed by atoms with van der Waals surface area (Å²) >= 11 is 0. The molecule has 0 radical (unpaired) electrons. The molecule has 0 spiro atoms. The number of benzene rings is 2. The number of pyridine rings is 1. The van der Waals surface area contributed by atoms with Gasteiger partial charge in [0.1, 0.15) is 11.5 Å². The van der Waals surface area contributed by atoms with Gasteiger partial charge in [-0.25, -0.2) is 0 Å². The molecule has 164 valence electrons. The van der Waals surface area contributed by atoms with Gasteiger partial charge in [0, 0.05) is 24.0 Å². The Morgan fingerprint density at radius 1 is 1.09 bits per heavy atom. The molecule has 0 saturated carbocycles. The first-order valence-corrected chi connectivity index (χ1v) is 10.3. The van der Waals surface area contributed by atoms with E-state index in [2.05, 4.69) is 10.3 Å². The largest absolute Gasteiger partial charge is 0.497 e. The van der Waals surface area contributed by atoms with E-state index in [0.29, 0.717) is 22.8 Å². The molecule has 1 atom stereocenters. The average Bonchev–Trinajstić information content (AvgIpc) is 3.09. The lowest BCUT2D eigenvalue weighted by Gasteiger charge is -2.25. The van der Waals surface area contributed by atoms with E-state index in [1.165, 1.54) is 0 Å². The molecule has 0 saturated heterocycles. The van der Waals surface area contributed by atoms with Gasteiger partial charge in [-0.05, 0) is 49.4 Å². The zero-order valence-electron chi connectivity index (χ0n) is 18.3. The molecular weight excluding hydrogens is 406 g/mol. The van der Waals surface area contributed by atoms with Crippen LogP contribution in [0, 0.1) is 6.92 Å². The Morgan fingerprint density at radius 2 is 1.88 bits per heavy atom. The number of methoxy groups -OCH3 is 2. The Hall–Kier alpha value is -3.87. The fourth-order valence-corrected chi connectivity index (χ4v) is 3.91. The summed E-state index contributed by atoms with van der Waals surface area (Å²) in [5.41, 5.74) is 3.78. The second kappa shape index (κ2) is 9.09. The number of hydrogen-bond acceptors (Lipinski definition) is 5. The SMILES string of the molecule is COc1ccc(OC)c(CNC(=O)C[C@@H]2c3ncccc3C(=O)N2c2ccc(C)cc2)c1. The molecule has 0 fully saturated rings. The van der Waals surface area contributed by atoms with E-state index < -0.39 is 6.04 Å². The summed E-state index contributed by atoms with van der Waals surface area (Å²) in [5, 5.41) is 2.94. The summed E-state index contributed by atoms with van der Waals surface area (Å²) in [6.07, 6.45) is 1.74. The fraction of sp³-hybridized carbons (Fsp3) is 0.240. The van der Waals surface area contributed by atoms with Crippen LogP contribution in [-0.4, -0.2) is 31.0 Å². The van der Waals surface area contributed by atoms with Crippen LogP contribution >= 0.6 is 0 Å². The first-order chi connectivity index (χ1) is 15.5. The monoisotopic (exact) mass is 431 g/mol. The maximum Gasteiger partial charge on any atom is 0.260 e. The number of carbonyl (C=O) groups is 2. The van der Waals surface area contributed by atoms with Crippen molar-refractivity contribution < 1.29 is 19.1 Å². The minimum Gasteiger partial charge on any atom is -0.497 e. The lowest BCUT2D eigenvalue weighted by atomic mass is 10.1. The van der Waals surface area contributed by atoms with Gasteiger partial charge in [-0.3, -0.25) is 19.5 Å². The maximum atomic E-state index is 13.1. The highest BCUT2D eigenvalue weighted by molar-refractivity contribution is 6.11. The maximum absolute atomic E-state index is 13.1. The summed E-state index contributed by atoms with van der Waals surface area (Å²) in [5.74, 6) is 1.00. The van der Waals surface area contributed by atoms with Gasteiger partial charge < -0.3 is 14.8 Å². The molecule has 1 aliphatic heterocycles. The first kappa shape index (κ1) is 21.4. The molecule has 2 amide bonds. The van der Waals surface area contributed by atoms with Crippen molar-refractivity contribution in [2.24, 2.45) is 0 Å². The molecule has 7 heteroatoms. The molecule has 32 heavy (non-hydrogen) atoms. The molecule has 1 aliphatic rings. The Morgan fingerprint density at radius 3 is 2.59 bits per heavy atom. The lowest BCUT2D eigenvalue weighted by molar-refractivity contribution is -0.121. The predicted molar refractivity (Wildman–Crippen MR) is 121 cm³/mol. The third-order valence-corrected chi connectivity index (χ3v) is 5.57.